The van der Waals surface area contributed by atoms with Gasteiger partial charge in [0.05, 0.1) is 12.1 Å². The van der Waals surface area contributed by atoms with Crippen molar-refractivity contribution in [3.63, 3.8) is 0 Å². The summed E-state index contributed by atoms with van der Waals surface area (Å²) in [6.07, 6.45) is 0.926. The van der Waals surface area contributed by atoms with Gasteiger partial charge in [-0.05, 0) is 11.6 Å². The Balaban J connectivity index is 2.55. The number of aldehydes is 1. The third-order valence-electron chi connectivity index (χ3n) is 2.39. The van der Waals surface area contributed by atoms with Crippen molar-refractivity contribution in [2.75, 3.05) is 4.90 Å². The summed E-state index contributed by atoms with van der Waals surface area (Å²) in [4.78, 5) is 34.4. The van der Waals surface area contributed by atoms with Gasteiger partial charge in [0.25, 0.3) is 0 Å². The van der Waals surface area contributed by atoms with Crippen LogP contribution >= 0.6 is 0 Å². The second-order valence-corrected chi connectivity index (χ2v) is 3.43. The van der Waals surface area contributed by atoms with Crippen molar-refractivity contribution in [1.82, 2.24) is 0 Å². The highest BCUT2D eigenvalue weighted by Crippen LogP contribution is 2.29. The zero-order valence-electron chi connectivity index (χ0n) is 8.19. The first-order valence-electron chi connectivity index (χ1n) is 4.55. The van der Waals surface area contributed by atoms with Crippen molar-refractivity contribution in [2.24, 2.45) is 0 Å². The van der Waals surface area contributed by atoms with Crippen LogP contribution in [0.1, 0.15) is 22.8 Å². The molecule has 0 aromatic heterocycles. The van der Waals surface area contributed by atoms with Gasteiger partial charge in [-0.3, -0.25) is 19.3 Å². The number of carbonyl (C=O) groups excluding carboxylic acids is 3. The maximum Gasteiger partial charge on any atom is 0.238 e. The molecule has 0 saturated heterocycles. The lowest BCUT2D eigenvalue weighted by molar-refractivity contribution is -0.124. The molecule has 0 bridgehead atoms. The fourth-order valence-corrected chi connectivity index (χ4v) is 1.73. The molecule has 1 aromatic carbocycles. The Morgan fingerprint density at radius 1 is 1.47 bits per heavy atom. The summed E-state index contributed by atoms with van der Waals surface area (Å²) < 4.78 is 0. The molecule has 0 aliphatic carbocycles. The molecule has 2 amide bonds. The van der Waals surface area contributed by atoms with Crippen LogP contribution < -0.4 is 4.90 Å². The van der Waals surface area contributed by atoms with E-state index in [2.05, 4.69) is 0 Å². The van der Waals surface area contributed by atoms with Crippen LogP contribution in [0.2, 0.25) is 0 Å². The fraction of sp³-hybridized carbons (Fsp3) is 0.182. The number of anilines is 1. The zero-order chi connectivity index (χ0) is 11.0. The molecule has 4 heteroatoms. The Morgan fingerprint density at radius 3 is 2.80 bits per heavy atom. The van der Waals surface area contributed by atoms with Crippen molar-refractivity contribution >= 4 is 23.8 Å². The lowest BCUT2D eigenvalue weighted by atomic mass is 10.1. The number of benzene rings is 1. The average Bonchev–Trinajstić information content (AvgIpc) is 2.52. The van der Waals surface area contributed by atoms with Crippen LogP contribution in [0.4, 0.5) is 5.69 Å². The third-order valence-corrected chi connectivity index (χ3v) is 2.39. The Bertz CT molecular complexity index is 465. The van der Waals surface area contributed by atoms with Crippen LogP contribution in [0, 0.1) is 0 Å². The number of hydrogen-bond donors (Lipinski definition) is 0. The number of fused-ring (bicyclic) bond motifs is 1. The monoisotopic (exact) mass is 203 g/mol. The van der Waals surface area contributed by atoms with Crippen LogP contribution in [0.15, 0.2) is 18.2 Å². The first kappa shape index (κ1) is 9.58. The predicted octanol–water partition coefficient (Wildman–Crippen LogP) is 0.935. The van der Waals surface area contributed by atoms with Crippen LogP contribution in [0.5, 0.6) is 0 Å². The minimum absolute atomic E-state index is 0.230. The van der Waals surface area contributed by atoms with Crippen molar-refractivity contribution in [2.45, 2.75) is 13.3 Å². The molecule has 0 unspecified atom stereocenters. The van der Waals surface area contributed by atoms with E-state index < -0.39 is 0 Å². The van der Waals surface area contributed by atoms with E-state index in [4.69, 9.17) is 0 Å². The lowest BCUT2D eigenvalue weighted by Gasteiger charge is -2.12. The van der Waals surface area contributed by atoms with Crippen LogP contribution in [-0.2, 0) is 16.0 Å². The molecule has 2 rings (SSSR count). The highest BCUT2D eigenvalue weighted by atomic mass is 16.2. The predicted molar refractivity (Wildman–Crippen MR) is 53.7 cm³/mol. The van der Waals surface area contributed by atoms with Gasteiger partial charge in [0.2, 0.25) is 11.8 Å². The van der Waals surface area contributed by atoms with Crippen molar-refractivity contribution < 1.29 is 14.4 Å². The largest absolute Gasteiger partial charge is 0.298 e. The summed E-state index contributed by atoms with van der Waals surface area (Å²) in [5, 5.41) is 0. The van der Waals surface area contributed by atoms with Crippen molar-refractivity contribution in [1.29, 1.82) is 0 Å². The van der Waals surface area contributed by atoms with Gasteiger partial charge in [0.1, 0.15) is 6.29 Å². The minimum atomic E-state index is -0.318. The first-order chi connectivity index (χ1) is 7.13. The zero-order valence-corrected chi connectivity index (χ0v) is 8.19. The molecule has 4 nitrogen and oxygen atoms in total. The molecule has 0 fully saturated rings. The van der Waals surface area contributed by atoms with Crippen LogP contribution in [0.3, 0.4) is 0 Å². The third kappa shape index (κ3) is 1.44. The maximum atomic E-state index is 11.5. The molecule has 1 aliphatic rings. The molecule has 15 heavy (non-hydrogen) atoms. The van der Waals surface area contributed by atoms with E-state index in [0.29, 0.717) is 17.5 Å². The van der Waals surface area contributed by atoms with Crippen LogP contribution in [0.25, 0.3) is 0 Å². The molecule has 0 radical (unpaired) electrons. The quantitative estimate of drug-likeness (QED) is 0.638. The molecule has 1 aromatic rings. The first-order valence-corrected chi connectivity index (χ1v) is 4.55. The van der Waals surface area contributed by atoms with Crippen LogP contribution in [-0.4, -0.2) is 18.1 Å². The van der Waals surface area contributed by atoms with E-state index >= 15 is 0 Å². The second kappa shape index (κ2) is 3.31. The van der Waals surface area contributed by atoms with Crippen molar-refractivity contribution in [3.05, 3.63) is 29.3 Å². The smallest absolute Gasteiger partial charge is 0.238 e. The molecule has 0 N–H and O–H groups in total. The molecule has 1 heterocycles. The van der Waals surface area contributed by atoms with E-state index in [-0.39, 0.29) is 18.2 Å². The molecular formula is C11H9NO3. The average molecular weight is 203 g/mol. The van der Waals surface area contributed by atoms with Gasteiger partial charge in [-0.2, -0.15) is 0 Å². The summed E-state index contributed by atoms with van der Waals surface area (Å²) in [5.74, 6) is -0.553. The summed E-state index contributed by atoms with van der Waals surface area (Å²) >= 11 is 0. The number of nitrogens with zero attached hydrogens (tertiary/aromatic N) is 1. The summed E-state index contributed by atoms with van der Waals surface area (Å²) in [7, 11) is 0. The fourth-order valence-electron chi connectivity index (χ4n) is 1.73. The number of carbonyl (C=O) groups is 3. The van der Waals surface area contributed by atoms with Crippen molar-refractivity contribution in [3.8, 4) is 0 Å². The minimum Gasteiger partial charge on any atom is -0.298 e. The highest BCUT2D eigenvalue weighted by Gasteiger charge is 2.30. The van der Waals surface area contributed by atoms with Gasteiger partial charge in [-0.25, -0.2) is 0 Å². The van der Waals surface area contributed by atoms with E-state index in [1.54, 1.807) is 18.2 Å². The van der Waals surface area contributed by atoms with Gasteiger partial charge >= 0.3 is 0 Å². The molecule has 0 saturated carbocycles. The SMILES string of the molecule is CC(=O)N1C(=O)Cc2ccc(C=O)cc21. The number of amides is 2. The normalized spacial score (nSPS) is 13.9. The second-order valence-electron chi connectivity index (χ2n) is 3.43. The molecule has 76 valence electrons. The van der Waals surface area contributed by atoms with E-state index in [0.717, 1.165) is 10.5 Å². The van der Waals surface area contributed by atoms with Gasteiger partial charge in [-0.1, -0.05) is 12.1 Å². The topological polar surface area (TPSA) is 54.5 Å². The molecule has 0 atom stereocenters. The molecule has 1 aliphatic heterocycles. The number of imide groups is 1. The number of hydrogen-bond acceptors (Lipinski definition) is 3. The Morgan fingerprint density at radius 2 is 2.20 bits per heavy atom. The Hall–Kier alpha value is -1.97. The Labute approximate surface area is 86.5 Å². The maximum absolute atomic E-state index is 11.5. The van der Waals surface area contributed by atoms with E-state index in [1.165, 1.54) is 6.92 Å². The summed E-state index contributed by atoms with van der Waals surface area (Å²) in [6, 6.07) is 4.91. The number of rotatable bonds is 1. The summed E-state index contributed by atoms with van der Waals surface area (Å²) in [5.41, 5.74) is 1.80. The van der Waals surface area contributed by atoms with Gasteiger partial charge in [0.15, 0.2) is 0 Å². The highest BCUT2D eigenvalue weighted by molar-refractivity contribution is 6.18. The van der Waals surface area contributed by atoms with E-state index in [1.807, 2.05) is 0 Å². The van der Waals surface area contributed by atoms with Gasteiger partial charge in [0, 0.05) is 12.5 Å². The van der Waals surface area contributed by atoms with E-state index in [9.17, 15) is 14.4 Å². The molecule has 0 spiro atoms. The van der Waals surface area contributed by atoms with Gasteiger partial charge < -0.3 is 0 Å². The van der Waals surface area contributed by atoms with Gasteiger partial charge in [-0.15, -0.1) is 0 Å². The Kier molecular flexibility index (Phi) is 2.11. The lowest BCUT2D eigenvalue weighted by Crippen LogP contribution is -2.31. The standard InChI is InChI=1S/C11H9NO3/c1-7(14)12-10-4-8(6-13)2-3-9(10)5-11(12)15/h2-4,6H,5H2,1H3. The molecular weight excluding hydrogens is 194 g/mol. The summed E-state index contributed by atoms with van der Waals surface area (Å²) in [6.45, 7) is 1.33.